The van der Waals surface area contributed by atoms with Gasteiger partial charge in [0, 0.05) is 47.4 Å². The van der Waals surface area contributed by atoms with E-state index in [-0.39, 0.29) is 54.7 Å². The maximum absolute atomic E-state index is 14.3. The number of benzene rings is 1. The van der Waals surface area contributed by atoms with Crippen LogP contribution in [0.25, 0.3) is 0 Å². The Bertz CT molecular complexity index is 1360. The number of hydrogen-bond donors (Lipinski definition) is 3. The summed E-state index contributed by atoms with van der Waals surface area (Å²) >= 11 is 0. The van der Waals surface area contributed by atoms with Gasteiger partial charge in [0.2, 0.25) is 17.7 Å². The van der Waals surface area contributed by atoms with Crippen molar-refractivity contribution in [3.63, 3.8) is 0 Å². The zero-order valence-electron chi connectivity index (χ0n) is 34.8. The summed E-state index contributed by atoms with van der Waals surface area (Å²) in [7, 11) is 6.92. The molecule has 3 N–H and O–H groups in total. The molecule has 5 amide bonds. The molecule has 2 saturated heterocycles. The van der Waals surface area contributed by atoms with E-state index in [2.05, 4.69) is 29.4 Å². The molecule has 0 aliphatic carbocycles. The first-order valence-corrected chi connectivity index (χ1v) is 19.8. The minimum absolute atomic E-state index is 0.0167. The Morgan fingerprint density at radius 2 is 1.67 bits per heavy atom. The molecule has 0 spiro atoms. The van der Waals surface area contributed by atoms with Crippen LogP contribution in [0.4, 0.5) is 4.79 Å². The molecule has 0 radical (unpaired) electrons. The van der Waals surface area contributed by atoms with Crippen LogP contribution in [-0.4, -0.2) is 151 Å². The number of likely N-dealkylation sites (N-methyl/N-ethyl adjacent to an activating group) is 2. The number of rotatable bonds is 18. The van der Waals surface area contributed by atoms with Crippen LogP contribution in [0.5, 0.6) is 0 Å². The number of methoxy groups -OCH3 is 2. The van der Waals surface area contributed by atoms with Crippen molar-refractivity contribution in [3.05, 3.63) is 35.9 Å². The first-order chi connectivity index (χ1) is 25.5. The van der Waals surface area contributed by atoms with Crippen molar-refractivity contribution in [2.75, 3.05) is 61.1 Å². The first-order valence-electron chi connectivity index (χ1n) is 19.8. The molecule has 1 aromatic rings. The molecule has 3 rings (SSSR count). The van der Waals surface area contributed by atoms with E-state index in [1.54, 1.807) is 33.1 Å². The number of urea groups is 1. The number of carbonyl (C=O) groups excluding carboxylic acids is 4. The molecular weight excluding hydrogens is 688 g/mol. The van der Waals surface area contributed by atoms with Gasteiger partial charge < -0.3 is 44.8 Å². The number of likely N-dealkylation sites (tertiary alicyclic amines) is 1. The Labute approximate surface area is 324 Å². The average Bonchev–Trinajstić information content (AvgIpc) is 3.62. The summed E-state index contributed by atoms with van der Waals surface area (Å²) in [6.07, 6.45) is 1.54. The van der Waals surface area contributed by atoms with Gasteiger partial charge in [-0.05, 0) is 57.6 Å². The lowest BCUT2D eigenvalue weighted by Gasteiger charge is -2.46. The molecule has 0 saturated carbocycles. The standard InChI is InChI=1S/C41H70N6O7/c1-12-28(4)36(45(9)39(51)35(27(2)3)43-40(52)47-22-21-44(8)26-41(47,6)7)33(53-10)24-34(49)46-20-16-19-32(46)37(54-11)29(5)38(50)42-31(25-48)23-30-17-14-13-15-18-30/h13-15,17-18,27-29,31-33,35-37,48H,12,16,19-26H2,1-11H3,(H,42,50)(H,43,52)/t28-,29+,31?,32?,33+,35?,36-,37+/m0/s1. The van der Waals surface area contributed by atoms with Gasteiger partial charge in [-0.3, -0.25) is 14.4 Å². The van der Waals surface area contributed by atoms with Gasteiger partial charge in [0.15, 0.2) is 0 Å². The van der Waals surface area contributed by atoms with Crippen LogP contribution in [0.15, 0.2) is 30.3 Å². The molecule has 8 atom stereocenters. The third-order valence-corrected chi connectivity index (χ3v) is 11.7. The van der Waals surface area contributed by atoms with Gasteiger partial charge in [-0.1, -0.05) is 71.4 Å². The summed E-state index contributed by atoms with van der Waals surface area (Å²) < 4.78 is 12.0. The summed E-state index contributed by atoms with van der Waals surface area (Å²) in [5, 5.41) is 16.1. The number of nitrogens with zero attached hydrogens (tertiary/aromatic N) is 4. The van der Waals surface area contributed by atoms with Crippen molar-refractivity contribution >= 4 is 23.8 Å². The highest BCUT2D eigenvalue weighted by Crippen LogP contribution is 2.30. The Balaban J connectivity index is 1.75. The first kappa shape index (κ1) is 45.1. The zero-order valence-corrected chi connectivity index (χ0v) is 34.8. The number of aliphatic hydroxyl groups excluding tert-OH is 1. The van der Waals surface area contributed by atoms with Crippen molar-refractivity contribution < 1.29 is 33.8 Å². The van der Waals surface area contributed by atoms with Gasteiger partial charge in [-0.15, -0.1) is 0 Å². The maximum atomic E-state index is 14.3. The number of nitrogens with one attached hydrogen (secondary N) is 2. The van der Waals surface area contributed by atoms with E-state index in [1.165, 1.54) is 0 Å². The largest absolute Gasteiger partial charge is 0.394 e. The monoisotopic (exact) mass is 759 g/mol. The molecule has 2 aliphatic heterocycles. The number of amides is 5. The molecule has 0 aromatic heterocycles. The minimum Gasteiger partial charge on any atom is -0.394 e. The molecule has 13 nitrogen and oxygen atoms in total. The van der Waals surface area contributed by atoms with Crippen molar-refractivity contribution in [1.82, 2.24) is 30.2 Å². The van der Waals surface area contributed by atoms with Gasteiger partial charge in [0.05, 0.1) is 54.8 Å². The van der Waals surface area contributed by atoms with Crippen LogP contribution in [0.2, 0.25) is 0 Å². The zero-order chi connectivity index (χ0) is 40.3. The van der Waals surface area contributed by atoms with E-state index in [9.17, 15) is 24.3 Å². The van der Waals surface area contributed by atoms with E-state index in [1.807, 2.05) is 74.9 Å². The molecule has 0 bridgehead atoms. The number of hydrogen-bond acceptors (Lipinski definition) is 8. The quantitative estimate of drug-likeness (QED) is 0.207. The third kappa shape index (κ3) is 11.4. The summed E-state index contributed by atoms with van der Waals surface area (Å²) in [5.74, 6) is -1.38. The lowest BCUT2D eigenvalue weighted by Crippen LogP contribution is -2.65. The smallest absolute Gasteiger partial charge is 0.318 e. The van der Waals surface area contributed by atoms with Crippen LogP contribution >= 0.6 is 0 Å². The molecule has 13 heteroatoms. The Morgan fingerprint density at radius 3 is 2.22 bits per heavy atom. The van der Waals surface area contributed by atoms with Crippen LogP contribution < -0.4 is 10.6 Å². The van der Waals surface area contributed by atoms with Crippen molar-refractivity contribution in [1.29, 1.82) is 0 Å². The summed E-state index contributed by atoms with van der Waals surface area (Å²) in [5.41, 5.74) is 0.616. The van der Waals surface area contributed by atoms with Gasteiger partial charge in [-0.25, -0.2) is 4.79 Å². The highest BCUT2D eigenvalue weighted by molar-refractivity contribution is 5.88. The molecule has 2 aliphatic rings. The molecule has 2 fully saturated rings. The van der Waals surface area contributed by atoms with Crippen molar-refractivity contribution in [3.8, 4) is 0 Å². The van der Waals surface area contributed by atoms with Gasteiger partial charge in [-0.2, -0.15) is 0 Å². The van der Waals surface area contributed by atoms with E-state index >= 15 is 0 Å². The fraction of sp³-hybridized carbons (Fsp3) is 0.756. The molecule has 54 heavy (non-hydrogen) atoms. The molecule has 3 unspecified atom stereocenters. The van der Waals surface area contributed by atoms with Gasteiger partial charge in [0.1, 0.15) is 6.04 Å². The number of aliphatic hydroxyl groups is 1. The molecule has 1 aromatic carbocycles. The topological polar surface area (TPSA) is 144 Å². The Morgan fingerprint density at radius 1 is 1.00 bits per heavy atom. The second-order valence-electron chi connectivity index (χ2n) is 16.5. The highest BCUT2D eigenvalue weighted by atomic mass is 16.5. The predicted octanol–water partition coefficient (Wildman–Crippen LogP) is 3.39. The van der Waals surface area contributed by atoms with Crippen LogP contribution in [0.1, 0.15) is 79.7 Å². The van der Waals surface area contributed by atoms with Gasteiger partial charge >= 0.3 is 6.03 Å². The van der Waals surface area contributed by atoms with E-state index in [4.69, 9.17) is 9.47 Å². The van der Waals surface area contributed by atoms with Crippen molar-refractivity contribution in [2.24, 2.45) is 17.8 Å². The molecule has 2 heterocycles. The maximum Gasteiger partial charge on any atom is 0.318 e. The molecule has 306 valence electrons. The number of piperazine rings is 1. The highest BCUT2D eigenvalue weighted by Gasteiger charge is 2.44. The summed E-state index contributed by atoms with van der Waals surface area (Å²) in [4.78, 5) is 63.2. The number of ether oxygens (including phenoxy) is 2. The fourth-order valence-electron chi connectivity index (χ4n) is 8.42. The number of carbonyl (C=O) groups is 4. The van der Waals surface area contributed by atoms with E-state index < -0.39 is 41.8 Å². The fourth-order valence-corrected chi connectivity index (χ4v) is 8.42. The van der Waals surface area contributed by atoms with Gasteiger partial charge in [0.25, 0.3) is 0 Å². The molecular formula is C41H70N6O7. The second kappa shape index (κ2) is 20.6. The normalized spacial score (nSPS) is 21.5. The van der Waals surface area contributed by atoms with E-state index in [0.29, 0.717) is 25.9 Å². The second-order valence-corrected chi connectivity index (χ2v) is 16.5. The lowest BCUT2D eigenvalue weighted by atomic mass is 9.89. The lowest BCUT2D eigenvalue weighted by molar-refractivity contribution is -0.147. The summed E-state index contributed by atoms with van der Waals surface area (Å²) in [6, 6.07) is 7.44. The third-order valence-electron chi connectivity index (χ3n) is 11.7. The Kier molecular flexibility index (Phi) is 17.2. The predicted molar refractivity (Wildman–Crippen MR) is 211 cm³/mol. The summed E-state index contributed by atoms with van der Waals surface area (Å²) in [6.45, 7) is 16.2. The SMILES string of the molecule is CC[C@H](C)[C@@H]([C@@H](CC(=O)N1CCCC1[C@H](OC)[C@@H](C)C(=O)NC(CO)Cc1ccccc1)OC)N(C)C(=O)C(NC(=O)N1CCN(C)CC1(C)C)C(C)C. The van der Waals surface area contributed by atoms with Crippen LogP contribution in [-0.2, 0) is 30.3 Å². The van der Waals surface area contributed by atoms with E-state index in [0.717, 1.165) is 31.5 Å². The Hall–Kier alpha value is -3.26. The van der Waals surface area contributed by atoms with Crippen molar-refractivity contribution in [2.45, 2.75) is 122 Å². The minimum atomic E-state index is -0.770. The van der Waals surface area contributed by atoms with Crippen LogP contribution in [0, 0.1) is 17.8 Å². The average molecular weight is 759 g/mol. The van der Waals surface area contributed by atoms with Crippen LogP contribution in [0.3, 0.4) is 0 Å².